The van der Waals surface area contributed by atoms with Crippen LogP contribution in [0.5, 0.6) is 0 Å². The lowest BCUT2D eigenvalue weighted by Crippen LogP contribution is -2.45. The van der Waals surface area contributed by atoms with E-state index in [1.165, 1.54) is 5.06 Å². The van der Waals surface area contributed by atoms with Crippen molar-refractivity contribution in [3.05, 3.63) is 0 Å². The highest BCUT2D eigenvalue weighted by atomic mass is 16.5. The zero-order chi connectivity index (χ0) is 8.86. The standard InChI is InChI=1S/C9H18NO/c1-7-6-8(2,3)10(11)9(7,4)5/h7H,6H2,1-5H3. The molecule has 1 fully saturated rings. The van der Waals surface area contributed by atoms with Crippen LogP contribution in [0.1, 0.15) is 41.0 Å². The van der Waals surface area contributed by atoms with Crippen LogP contribution in [0.3, 0.4) is 0 Å². The molecule has 0 amide bonds. The van der Waals surface area contributed by atoms with Crippen LogP contribution in [0.25, 0.3) is 0 Å². The average molecular weight is 156 g/mol. The molecule has 2 heteroatoms. The van der Waals surface area contributed by atoms with Gasteiger partial charge in [0.15, 0.2) is 0 Å². The van der Waals surface area contributed by atoms with E-state index in [2.05, 4.69) is 6.92 Å². The van der Waals surface area contributed by atoms with Crippen molar-refractivity contribution in [2.24, 2.45) is 5.92 Å². The summed E-state index contributed by atoms with van der Waals surface area (Å²) in [6.07, 6.45) is 1.00. The maximum atomic E-state index is 11.7. The number of nitrogens with zero attached hydrogens (tertiary/aromatic N) is 1. The third kappa shape index (κ3) is 1.18. The average Bonchev–Trinajstić information content (AvgIpc) is 1.94. The number of rotatable bonds is 0. The maximum absolute atomic E-state index is 11.7. The van der Waals surface area contributed by atoms with Gasteiger partial charge in [-0.25, -0.2) is 0 Å². The van der Waals surface area contributed by atoms with Crippen LogP contribution in [-0.4, -0.2) is 16.1 Å². The summed E-state index contributed by atoms with van der Waals surface area (Å²) < 4.78 is 0. The normalized spacial score (nSPS) is 36.0. The summed E-state index contributed by atoms with van der Waals surface area (Å²) in [6.45, 7) is 10.2. The minimum Gasteiger partial charge on any atom is -0.144 e. The van der Waals surface area contributed by atoms with Gasteiger partial charge in [0, 0.05) is 11.1 Å². The van der Waals surface area contributed by atoms with Gasteiger partial charge in [0.25, 0.3) is 0 Å². The zero-order valence-corrected chi connectivity index (χ0v) is 8.14. The van der Waals surface area contributed by atoms with E-state index in [0.717, 1.165) is 6.42 Å². The first kappa shape index (κ1) is 9.01. The van der Waals surface area contributed by atoms with Crippen molar-refractivity contribution in [3.63, 3.8) is 0 Å². The Morgan fingerprint density at radius 3 is 1.82 bits per heavy atom. The molecule has 1 aliphatic rings. The summed E-state index contributed by atoms with van der Waals surface area (Å²) in [6, 6.07) is 0. The molecule has 0 aliphatic carbocycles. The Kier molecular flexibility index (Phi) is 1.81. The molecule has 2 nitrogen and oxygen atoms in total. The van der Waals surface area contributed by atoms with E-state index in [1.54, 1.807) is 0 Å². The molecule has 1 radical (unpaired) electrons. The molecule has 0 spiro atoms. The topological polar surface area (TPSA) is 23.1 Å². The predicted octanol–water partition coefficient (Wildman–Crippen LogP) is 2.23. The fourth-order valence-corrected chi connectivity index (χ4v) is 2.06. The van der Waals surface area contributed by atoms with E-state index < -0.39 is 0 Å². The van der Waals surface area contributed by atoms with Gasteiger partial charge in [-0.1, -0.05) is 6.92 Å². The van der Waals surface area contributed by atoms with Gasteiger partial charge in [0.05, 0.1) is 0 Å². The highest BCUT2D eigenvalue weighted by molar-refractivity contribution is 4.99. The van der Waals surface area contributed by atoms with Crippen LogP contribution in [-0.2, 0) is 5.21 Å². The fourth-order valence-electron chi connectivity index (χ4n) is 2.06. The number of hydroxylamine groups is 2. The molecule has 0 aromatic heterocycles. The summed E-state index contributed by atoms with van der Waals surface area (Å²) in [7, 11) is 0. The quantitative estimate of drug-likeness (QED) is 0.527. The van der Waals surface area contributed by atoms with Crippen LogP contribution >= 0.6 is 0 Å². The first-order valence-corrected chi connectivity index (χ1v) is 4.26. The molecule has 0 saturated carbocycles. The molecular weight excluding hydrogens is 138 g/mol. The van der Waals surface area contributed by atoms with Crippen molar-refractivity contribution < 1.29 is 5.21 Å². The van der Waals surface area contributed by atoms with Crippen molar-refractivity contribution in [3.8, 4) is 0 Å². The molecular formula is C9H18NO. The van der Waals surface area contributed by atoms with E-state index in [9.17, 15) is 5.21 Å². The summed E-state index contributed by atoms with van der Waals surface area (Å²) in [5.74, 6) is 0.495. The Labute approximate surface area is 69.2 Å². The van der Waals surface area contributed by atoms with Gasteiger partial charge >= 0.3 is 0 Å². The molecule has 1 atom stereocenters. The third-order valence-electron chi connectivity index (χ3n) is 3.08. The molecule has 65 valence electrons. The van der Waals surface area contributed by atoms with Crippen LogP contribution in [0, 0.1) is 5.92 Å². The van der Waals surface area contributed by atoms with Crippen molar-refractivity contribution in [1.29, 1.82) is 0 Å². The highest BCUT2D eigenvalue weighted by Gasteiger charge is 2.50. The van der Waals surface area contributed by atoms with Gasteiger partial charge < -0.3 is 0 Å². The molecule has 11 heavy (non-hydrogen) atoms. The second kappa shape index (κ2) is 2.20. The molecule has 1 heterocycles. The fraction of sp³-hybridized carbons (Fsp3) is 1.00. The minimum absolute atomic E-state index is 0.164. The van der Waals surface area contributed by atoms with Crippen molar-refractivity contribution >= 4 is 0 Å². The van der Waals surface area contributed by atoms with Gasteiger partial charge in [-0.15, -0.1) is 10.3 Å². The van der Waals surface area contributed by atoms with E-state index in [1.807, 2.05) is 27.7 Å². The van der Waals surface area contributed by atoms with E-state index in [0.29, 0.717) is 5.92 Å². The van der Waals surface area contributed by atoms with Crippen molar-refractivity contribution in [2.75, 3.05) is 0 Å². The predicted molar refractivity (Wildman–Crippen MR) is 44.5 cm³/mol. The van der Waals surface area contributed by atoms with E-state index in [4.69, 9.17) is 0 Å². The van der Waals surface area contributed by atoms with Crippen molar-refractivity contribution in [1.82, 2.24) is 5.06 Å². The Morgan fingerprint density at radius 1 is 1.27 bits per heavy atom. The SMILES string of the molecule is CC1CC(C)(C)N([O])C1(C)C. The molecule has 1 saturated heterocycles. The largest absolute Gasteiger partial charge is 0.144 e. The van der Waals surface area contributed by atoms with Crippen LogP contribution in [0.15, 0.2) is 0 Å². The molecule has 1 rings (SSSR count). The first-order chi connectivity index (χ1) is 4.78. The molecule has 0 aromatic rings. The highest BCUT2D eigenvalue weighted by Crippen LogP contribution is 2.43. The summed E-state index contributed by atoms with van der Waals surface area (Å²) in [4.78, 5) is 0. The van der Waals surface area contributed by atoms with Gasteiger partial charge in [-0.2, -0.15) is 0 Å². The summed E-state index contributed by atoms with van der Waals surface area (Å²) >= 11 is 0. The lowest BCUT2D eigenvalue weighted by atomic mass is 9.89. The van der Waals surface area contributed by atoms with Crippen molar-refractivity contribution in [2.45, 2.75) is 52.1 Å². The second-order valence-corrected chi connectivity index (χ2v) is 4.87. The van der Waals surface area contributed by atoms with E-state index in [-0.39, 0.29) is 11.1 Å². The van der Waals surface area contributed by atoms with Gasteiger partial charge in [-0.3, -0.25) is 0 Å². The lowest BCUT2D eigenvalue weighted by molar-refractivity contribution is -0.247. The zero-order valence-electron chi connectivity index (χ0n) is 8.14. The number of hydrogen-bond donors (Lipinski definition) is 0. The van der Waals surface area contributed by atoms with Gasteiger partial charge in [0.2, 0.25) is 0 Å². The van der Waals surface area contributed by atoms with Gasteiger partial charge in [-0.05, 0) is 40.0 Å². The molecule has 0 N–H and O–H groups in total. The maximum Gasteiger partial charge on any atom is 0.0469 e. The summed E-state index contributed by atoms with van der Waals surface area (Å²) in [5.41, 5.74) is -0.341. The smallest absolute Gasteiger partial charge is 0.0469 e. The third-order valence-corrected chi connectivity index (χ3v) is 3.08. The Balaban J connectivity index is 2.89. The van der Waals surface area contributed by atoms with Crippen LogP contribution in [0.4, 0.5) is 0 Å². The summed E-state index contributed by atoms with van der Waals surface area (Å²) in [5, 5.41) is 12.9. The first-order valence-electron chi connectivity index (χ1n) is 4.26. The Bertz CT molecular complexity index is 163. The minimum atomic E-state index is -0.177. The Morgan fingerprint density at radius 2 is 1.73 bits per heavy atom. The molecule has 0 bridgehead atoms. The lowest BCUT2D eigenvalue weighted by Gasteiger charge is -2.32. The van der Waals surface area contributed by atoms with E-state index >= 15 is 0 Å². The second-order valence-electron chi connectivity index (χ2n) is 4.87. The van der Waals surface area contributed by atoms with Gasteiger partial charge in [0.1, 0.15) is 0 Å². The Hall–Kier alpha value is -0.0800. The monoisotopic (exact) mass is 156 g/mol. The molecule has 1 unspecified atom stereocenters. The van der Waals surface area contributed by atoms with Crippen LogP contribution in [0.2, 0.25) is 0 Å². The molecule has 0 aromatic carbocycles. The number of hydrogen-bond acceptors (Lipinski definition) is 1. The van der Waals surface area contributed by atoms with Crippen LogP contribution < -0.4 is 0 Å². The molecule has 1 aliphatic heterocycles.